The predicted molar refractivity (Wildman–Crippen MR) is 140 cm³/mol. The minimum atomic E-state index is -3.17. The Morgan fingerprint density at radius 3 is 2.54 bits per heavy atom. The van der Waals surface area contributed by atoms with Crippen molar-refractivity contribution >= 4 is 48.3 Å². The first-order valence-corrected chi connectivity index (χ1v) is 13.7. The fourth-order valence-electron chi connectivity index (χ4n) is 3.93. The summed E-state index contributed by atoms with van der Waals surface area (Å²) in [6.45, 7) is 3.10. The van der Waals surface area contributed by atoms with Crippen LogP contribution in [0.15, 0.2) is 60.8 Å². The summed E-state index contributed by atoms with van der Waals surface area (Å²) in [5.41, 5.74) is 4.15. The molecule has 0 unspecified atom stereocenters. The number of thiophene rings is 1. The molecule has 11 heteroatoms. The molecule has 0 aliphatic carbocycles. The molecule has 0 atom stereocenters. The molecule has 0 radical (unpaired) electrons. The smallest absolute Gasteiger partial charge is 0.206 e. The molecule has 0 saturated carbocycles. The molecule has 5 aromatic rings. The first-order valence-electron chi connectivity index (χ1n) is 11.0. The van der Waals surface area contributed by atoms with Crippen molar-refractivity contribution in [2.45, 2.75) is 0 Å². The summed E-state index contributed by atoms with van der Waals surface area (Å²) in [6, 6.07) is 18.7. The van der Waals surface area contributed by atoms with Gasteiger partial charge in [0.2, 0.25) is 10.0 Å². The lowest BCUT2D eigenvalue weighted by Gasteiger charge is -2.28. The number of nitrogens with zero attached hydrogens (tertiary/aromatic N) is 4. The van der Waals surface area contributed by atoms with Crippen LogP contribution in [-0.2, 0) is 14.8 Å². The number of H-pyrrole nitrogens is 1. The van der Waals surface area contributed by atoms with Crippen LogP contribution < -0.4 is 10.0 Å². The number of benzene rings is 2. The highest BCUT2D eigenvalue weighted by atomic mass is 32.2. The maximum atomic E-state index is 9.41. The number of sulfonamides is 1. The molecular formula is C24H24N6O3S2. The van der Waals surface area contributed by atoms with Gasteiger partial charge in [0.1, 0.15) is 0 Å². The van der Waals surface area contributed by atoms with E-state index in [2.05, 4.69) is 56.6 Å². The van der Waals surface area contributed by atoms with Gasteiger partial charge >= 0.3 is 0 Å². The average Bonchev–Trinajstić information content (AvgIpc) is 3.50. The van der Waals surface area contributed by atoms with Gasteiger partial charge in [0.25, 0.3) is 0 Å². The Morgan fingerprint density at radius 1 is 1.06 bits per heavy atom. The molecule has 1 aliphatic heterocycles. The van der Waals surface area contributed by atoms with E-state index in [1.807, 2.05) is 24.4 Å². The summed E-state index contributed by atoms with van der Waals surface area (Å²) < 4.78 is 25.5. The average molecular weight is 509 g/mol. The van der Waals surface area contributed by atoms with Crippen LogP contribution in [0.5, 0.6) is 0 Å². The predicted octanol–water partition coefficient (Wildman–Crippen LogP) is 3.64. The Kier molecular flexibility index (Phi) is 6.48. The highest BCUT2D eigenvalue weighted by molar-refractivity contribution is 7.88. The van der Waals surface area contributed by atoms with Crippen LogP contribution in [-0.4, -0.2) is 61.1 Å². The molecule has 180 valence electrons. The first-order chi connectivity index (χ1) is 16.9. The van der Waals surface area contributed by atoms with Crippen LogP contribution in [0.2, 0.25) is 0 Å². The van der Waals surface area contributed by atoms with Crippen molar-refractivity contribution in [1.82, 2.24) is 20.2 Å². The number of anilines is 1. The van der Waals surface area contributed by atoms with Crippen molar-refractivity contribution < 1.29 is 13.2 Å². The van der Waals surface area contributed by atoms with Crippen LogP contribution in [0.1, 0.15) is 0 Å². The molecule has 9 nitrogen and oxygen atoms in total. The van der Waals surface area contributed by atoms with Crippen LogP contribution in [0.4, 0.5) is 5.82 Å². The van der Waals surface area contributed by atoms with Crippen molar-refractivity contribution in [1.29, 1.82) is 0 Å². The topological polar surface area (TPSA) is 127 Å². The van der Waals surface area contributed by atoms with E-state index in [1.54, 1.807) is 11.3 Å². The molecule has 6 rings (SSSR count). The molecule has 1 fully saturated rings. The maximum absolute atomic E-state index is 9.41. The Bertz CT molecular complexity index is 1570. The van der Waals surface area contributed by atoms with Crippen LogP contribution in [0, 0.1) is 0 Å². The van der Waals surface area contributed by atoms with Gasteiger partial charge in [0.05, 0.1) is 41.4 Å². The number of fused-ring (bicyclic) bond motifs is 2. The summed E-state index contributed by atoms with van der Waals surface area (Å²) in [4.78, 5) is 13.6. The zero-order valence-corrected chi connectivity index (χ0v) is 20.6. The molecule has 3 N–H and O–H groups in total. The number of nitrogens with two attached hydrogens (primary N) is 1. The van der Waals surface area contributed by atoms with Gasteiger partial charge in [-0.3, -0.25) is 5.10 Å². The molecular weight excluding hydrogens is 484 g/mol. The molecule has 0 bridgehead atoms. The van der Waals surface area contributed by atoms with E-state index in [0.29, 0.717) is 0 Å². The number of ether oxygens (including phenoxy) is 1. The summed E-state index contributed by atoms with van der Waals surface area (Å²) in [5.74, 6) is 1.72. The minimum Gasteiger partial charge on any atom is -0.378 e. The van der Waals surface area contributed by atoms with Crippen molar-refractivity contribution in [2.75, 3.05) is 37.5 Å². The van der Waals surface area contributed by atoms with E-state index in [0.717, 1.165) is 70.9 Å². The molecule has 0 amide bonds. The number of hydrogen-bond acceptors (Lipinski definition) is 8. The van der Waals surface area contributed by atoms with E-state index in [-0.39, 0.29) is 0 Å². The highest BCUT2D eigenvalue weighted by Gasteiger charge is 2.21. The molecule has 0 spiro atoms. The van der Waals surface area contributed by atoms with Crippen molar-refractivity contribution in [3.8, 4) is 21.8 Å². The van der Waals surface area contributed by atoms with Crippen LogP contribution in [0.25, 0.3) is 42.9 Å². The maximum Gasteiger partial charge on any atom is 0.206 e. The highest BCUT2D eigenvalue weighted by Crippen LogP contribution is 2.39. The lowest BCUT2D eigenvalue weighted by Crippen LogP contribution is -2.36. The number of primary sulfonamides is 1. The summed E-state index contributed by atoms with van der Waals surface area (Å²) in [6.07, 6.45) is 2.78. The van der Waals surface area contributed by atoms with E-state index >= 15 is 0 Å². The Labute approximate surface area is 206 Å². The van der Waals surface area contributed by atoms with Crippen molar-refractivity contribution in [2.24, 2.45) is 5.14 Å². The lowest BCUT2D eigenvalue weighted by atomic mass is 10.1. The third-order valence-corrected chi connectivity index (χ3v) is 6.62. The summed E-state index contributed by atoms with van der Waals surface area (Å²) >= 11 is 1.75. The quantitative estimate of drug-likeness (QED) is 0.381. The summed E-state index contributed by atoms with van der Waals surface area (Å²) in [7, 11) is -3.17. The Morgan fingerprint density at radius 2 is 1.80 bits per heavy atom. The number of nitrogens with one attached hydrogen (secondary N) is 1. The first kappa shape index (κ1) is 23.4. The number of morpholine rings is 1. The van der Waals surface area contributed by atoms with Crippen LogP contribution in [0.3, 0.4) is 0 Å². The van der Waals surface area contributed by atoms with Gasteiger partial charge in [-0.2, -0.15) is 5.10 Å². The largest absolute Gasteiger partial charge is 0.378 e. The van der Waals surface area contributed by atoms with Crippen molar-refractivity contribution in [3.05, 3.63) is 60.8 Å². The second-order valence-electron chi connectivity index (χ2n) is 8.13. The minimum absolute atomic E-state index is 0.717. The molecule has 2 aromatic carbocycles. The zero-order valence-electron chi connectivity index (χ0n) is 19.0. The monoisotopic (exact) mass is 508 g/mol. The SMILES string of the molecule is CS(N)(=O)=O.c1ccc(-c2cc3nc(-c4cccc5[nH]ncc45)nc(N4CCOCC4)c3s2)cc1. The van der Waals surface area contributed by atoms with E-state index in [1.165, 1.54) is 10.4 Å². The van der Waals surface area contributed by atoms with Crippen LogP contribution >= 0.6 is 11.3 Å². The van der Waals surface area contributed by atoms with E-state index in [4.69, 9.17) is 14.7 Å². The third kappa shape index (κ3) is 5.33. The normalized spacial score (nSPS) is 14.2. The van der Waals surface area contributed by atoms with Crippen molar-refractivity contribution in [3.63, 3.8) is 0 Å². The Hall–Kier alpha value is -3.38. The fraction of sp³-hybridized carbons (Fsp3) is 0.208. The zero-order chi connectivity index (χ0) is 24.4. The van der Waals surface area contributed by atoms with Gasteiger partial charge < -0.3 is 9.64 Å². The van der Waals surface area contributed by atoms with Gasteiger partial charge in [-0.25, -0.2) is 23.5 Å². The van der Waals surface area contributed by atoms with Gasteiger partial charge in [-0.05, 0) is 17.7 Å². The number of hydrogen-bond donors (Lipinski definition) is 2. The molecule has 3 aromatic heterocycles. The Balaban J connectivity index is 0.000000464. The van der Waals surface area contributed by atoms with Gasteiger partial charge in [0, 0.05) is 28.9 Å². The lowest BCUT2D eigenvalue weighted by molar-refractivity contribution is 0.122. The number of aromatic nitrogens is 4. The van der Waals surface area contributed by atoms with E-state index < -0.39 is 10.0 Å². The van der Waals surface area contributed by atoms with E-state index in [9.17, 15) is 8.42 Å². The van der Waals surface area contributed by atoms with Gasteiger partial charge in [0.15, 0.2) is 11.6 Å². The number of rotatable bonds is 3. The molecule has 4 heterocycles. The molecule has 35 heavy (non-hydrogen) atoms. The second-order valence-corrected chi connectivity index (χ2v) is 10.8. The third-order valence-electron chi connectivity index (χ3n) is 5.45. The summed E-state index contributed by atoms with van der Waals surface area (Å²) in [5, 5.41) is 12.6. The fourth-order valence-corrected chi connectivity index (χ4v) is 5.05. The second kappa shape index (κ2) is 9.70. The number of aromatic amines is 1. The molecule has 1 aliphatic rings. The van der Waals surface area contributed by atoms with Gasteiger partial charge in [-0.15, -0.1) is 11.3 Å². The van der Waals surface area contributed by atoms with Gasteiger partial charge in [-0.1, -0.05) is 42.5 Å². The molecule has 1 saturated heterocycles. The standard InChI is InChI=1S/C23H19N5OS.CH5NO2S/c1-2-5-15(6-3-1)20-13-19-21(30-20)23(28-9-11-29-12-10-28)26-22(25-19)16-7-4-8-18-17(16)14-24-27-18;1-5(2,3)4/h1-8,13-14H,9-12H2,(H,24,27);1H3,(H2,2,3,4).